The van der Waals surface area contributed by atoms with Crippen LogP contribution in [0.3, 0.4) is 0 Å². The molecule has 1 aromatic rings. The fourth-order valence-corrected chi connectivity index (χ4v) is 5.59. The lowest BCUT2D eigenvalue weighted by Crippen LogP contribution is -2.51. The van der Waals surface area contributed by atoms with Crippen LogP contribution in [-0.2, 0) is 14.8 Å². The number of hydrogen-bond acceptors (Lipinski definition) is 5. The highest BCUT2D eigenvalue weighted by molar-refractivity contribution is 9.11. The van der Waals surface area contributed by atoms with Crippen molar-refractivity contribution in [2.24, 2.45) is 0 Å². The van der Waals surface area contributed by atoms with E-state index in [0.717, 1.165) is 3.79 Å². The maximum atomic E-state index is 12.4. The van der Waals surface area contributed by atoms with Crippen LogP contribution in [0.15, 0.2) is 20.1 Å². The van der Waals surface area contributed by atoms with Crippen molar-refractivity contribution in [3.63, 3.8) is 0 Å². The summed E-state index contributed by atoms with van der Waals surface area (Å²) in [6.07, 6.45) is 0. The minimum atomic E-state index is -3.43. The Hall–Kier alpha value is -0.480. The average molecular weight is 382 g/mol. The van der Waals surface area contributed by atoms with E-state index in [1.165, 1.54) is 15.6 Å². The van der Waals surface area contributed by atoms with Crippen molar-refractivity contribution in [1.82, 2.24) is 14.5 Å². The van der Waals surface area contributed by atoms with E-state index in [4.69, 9.17) is 0 Å². The SMILES string of the molecule is CNCC(=O)N1CCN(S(=O)(=O)c2ccc(Br)s2)CC1. The molecule has 20 heavy (non-hydrogen) atoms. The number of nitrogens with one attached hydrogen (secondary N) is 1. The number of halogens is 1. The van der Waals surface area contributed by atoms with Crippen molar-refractivity contribution < 1.29 is 13.2 Å². The fourth-order valence-electron chi connectivity index (χ4n) is 2.00. The predicted octanol–water partition coefficient (Wildman–Crippen LogP) is 0.563. The summed E-state index contributed by atoms with van der Waals surface area (Å²) < 4.78 is 27.4. The molecule has 6 nitrogen and oxygen atoms in total. The second-order valence-electron chi connectivity index (χ2n) is 4.37. The van der Waals surface area contributed by atoms with Gasteiger partial charge in [0.05, 0.1) is 10.3 Å². The first-order chi connectivity index (χ1) is 9.45. The Morgan fingerprint density at radius 3 is 2.50 bits per heavy atom. The smallest absolute Gasteiger partial charge is 0.252 e. The predicted molar refractivity (Wildman–Crippen MR) is 81.3 cm³/mol. The Morgan fingerprint density at radius 1 is 1.35 bits per heavy atom. The summed E-state index contributed by atoms with van der Waals surface area (Å²) in [5, 5.41) is 2.81. The van der Waals surface area contributed by atoms with Crippen molar-refractivity contribution in [2.45, 2.75) is 4.21 Å². The van der Waals surface area contributed by atoms with Crippen LogP contribution in [0.1, 0.15) is 0 Å². The summed E-state index contributed by atoms with van der Waals surface area (Å²) in [6, 6.07) is 3.33. The fraction of sp³-hybridized carbons (Fsp3) is 0.545. The van der Waals surface area contributed by atoms with Crippen molar-refractivity contribution in [3.05, 3.63) is 15.9 Å². The van der Waals surface area contributed by atoms with Gasteiger partial charge in [-0.25, -0.2) is 8.42 Å². The van der Waals surface area contributed by atoms with Gasteiger partial charge in [0.1, 0.15) is 4.21 Å². The van der Waals surface area contributed by atoms with Gasteiger partial charge in [0.2, 0.25) is 5.91 Å². The maximum Gasteiger partial charge on any atom is 0.252 e. The lowest BCUT2D eigenvalue weighted by molar-refractivity contribution is -0.131. The van der Waals surface area contributed by atoms with Crippen molar-refractivity contribution in [2.75, 3.05) is 39.8 Å². The Balaban J connectivity index is 2.02. The van der Waals surface area contributed by atoms with Gasteiger partial charge in [0, 0.05) is 26.2 Å². The zero-order valence-electron chi connectivity index (χ0n) is 11.0. The molecule has 1 saturated heterocycles. The van der Waals surface area contributed by atoms with E-state index in [0.29, 0.717) is 30.4 Å². The molecule has 0 saturated carbocycles. The minimum Gasteiger partial charge on any atom is -0.339 e. The molecule has 112 valence electrons. The lowest BCUT2D eigenvalue weighted by atomic mass is 10.3. The second kappa shape index (κ2) is 6.52. The quantitative estimate of drug-likeness (QED) is 0.827. The third-order valence-electron chi connectivity index (χ3n) is 3.06. The Bertz CT molecular complexity index is 579. The summed E-state index contributed by atoms with van der Waals surface area (Å²) in [5.74, 6) is 0.00316. The Labute approximate surface area is 130 Å². The average Bonchev–Trinajstić information content (AvgIpc) is 2.86. The summed E-state index contributed by atoms with van der Waals surface area (Å²) in [5.41, 5.74) is 0. The summed E-state index contributed by atoms with van der Waals surface area (Å²) in [6.45, 7) is 1.84. The maximum absolute atomic E-state index is 12.4. The van der Waals surface area contributed by atoms with Crippen molar-refractivity contribution in [1.29, 1.82) is 0 Å². The molecule has 0 bridgehead atoms. The van der Waals surface area contributed by atoms with E-state index in [9.17, 15) is 13.2 Å². The van der Waals surface area contributed by atoms with E-state index in [-0.39, 0.29) is 12.5 Å². The number of carbonyl (C=O) groups is 1. The number of amides is 1. The Morgan fingerprint density at radius 2 is 2.00 bits per heavy atom. The van der Waals surface area contributed by atoms with Crippen LogP contribution in [0.2, 0.25) is 0 Å². The molecule has 1 N–H and O–H groups in total. The summed E-state index contributed by atoms with van der Waals surface area (Å²) in [4.78, 5) is 13.4. The molecular formula is C11H16BrN3O3S2. The Kier molecular flexibility index (Phi) is 5.19. The molecule has 1 aromatic heterocycles. The van der Waals surface area contributed by atoms with Crippen molar-refractivity contribution >= 4 is 43.2 Å². The van der Waals surface area contributed by atoms with Crippen LogP contribution in [0.5, 0.6) is 0 Å². The molecule has 1 aliphatic rings. The van der Waals surface area contributed by atoms with Crippen LogP contribution < -0.4 is 5.32 Å². The molecule has 0 spiro atoms. The number of likely N-dealkylation sites (N-methyl/N-ethyl adjacent to an activating group) is 1. The highest BCUT2D eigenvalue weighted by atomic mass is 79.9. The lowest BCUT2D eigenvalue weighted by Gasteiger charge is -2.33. The molecule has 2 heterocycles. The molecule has 0 unspecified atom stereocenters. The van der Waals surface area contributed by atoms with E-state index in [1.54, 1.807) is 24.1 Å². The number of sulfonamides is 1. The first-order valence-electron chi connectivity index (χ1n) is 6.13. The number of carbonyl (C=O) groups excluding carboxylic acids is 1. The number of nitrogens with zero attached hydrogens (tertiary/aromatic N) is 2. The first-order valence-corrected chi connectivity index (χ1v) is 9.18. The van der Waals surface area contributed by atoms with Gasteiger partial charge < -0.3 is 10.2 Å². The first kappa shape index (κ1) is 15.9. The number of piperazine rings is 1. The molecule has 1 fully saturated rings. The molecule has 1 aliphatic heterocycles. The van der Waals surface area contributed by atoms with E-state index in [1.807, 2.05) is 0 Å². The summed E-state index contributed by atoms with van der Waals surface area (Å²) in [7, 11) is -1.72. The van der Waals surface area contributed by atoms with Gasteiger partial charge in [0.25, 0.3) is 10.0 Å². The minimum absolute atomic E-state index is 0.00316. The van der Waals surface area contributed by atoms with Gasteiger partial charge in [-0.05, 0) is 35.1 Å². The number of rotatable bonds is 4. The van der Waals surface area contributed by atoms with Gasteiger partial charge >= 0.3 is 0 Å². The van der Waals surface area contributed by atoms with Gasteiger partial charge in [0.15, 0.2) is 0 Å². The number of thiophene rings is 1. The van der Waals surface area contributed by atoms with Crippen LogP contribution in [0.25, 0.3) is 0 Å². The van der Waals surface area contributed by atoms with Gasteiger partial charge in [-0.1, -0.05) is 0 Å². The molecule has 9 heteroatoms. The molecular weight excluding hydrogens is 366 g/mol. The molecule has 2 rings (SSSR count). The highest BCUT2D eigenvalue weighted by Gasteiger charge is 2.30. The standard InChI is InChI=1S/C11H16BrN3O3S2/c1-13-8-10(16)14-4-6-15(7-5-14)20(17,18)11-3-2-9(12)19-11/h2-3,13H,4-8H2,1H3. The monoisotopic (exact) mass is 381 g/mol. The van der Waals surface area contributed by atoms with Gasteiger partial charge in [-0.2, -0.15) is 4.31 Å². The normalized spacial score (nSPS) is 17.4. The van der Waals surface area contributed by atoms with Gasteiger partial charge in [-0.15, -0.1) is 11.3 Å². The third-order valence-corrected chi connectivity index (χ3v) is 7.05. The van der Waals surface area contributed by atoms with Crippen LogP contribution in [0.4, 0.5) is 0 Å². The zero-order chi connectivity index (χ0) is 14.8. The van der Waals surface area contributed by atoms with Crippen LogP contribution in [-0.4, -0.2) is 63.3 Å². The molecule has 0 aliphatic carbocycles. The molecule has 1 amide bonds. The van der Waals surface area contributed by atoms with Crippen LogP contribution in [0, 0.1) is 0 Å². The summed E-state index contributed by atoms with van der Waals surface area (Å²) >= 11 is 4.47. The molecule has 0 radical (unpaired) electrons. The van der Waals surface area contributed by atoms with Crippen molar-refractivity contribution in [3.8, 4) is 0 Å². The molecule has 0 atom stereocenters. The second-order valence-corrected chi connectivity index (χ2v) is 9.00. The van der Waals surface area contributed by atoms with E-state index < -0.39 is 10.0 Å². The number of hydrogen-bond donors (Lipinski definition) is 1. The largest absolute Gasteiger partial charge is 0.339 e. The third kappa shape index (κ3) is 3.40. The van der Waals surface area contributed by atoms with Crippen LogP contribution >= 0.6 is 27.3 Å². The zero-order valence-corrected chi connectivity index (χ0v) is 14.2. The topological polar surface area (TPSA) is 69.7 Å². The van der Waals surface area contributed by atoms with E-state index in [2.05, 4.69) is 21.2 Å². The van der Waals surface area contributed by atoms with E-state index >= 15 is 0 Å². The highest BCUT2D eigenvalue weighted by Crippen LogP contribution is 2.28. The molecule has 0 aromatic carbocycles. The van der Waals surface area contributed by atoms with Gasteiger partial charge in [-0.3, -0.25) is 4.79 Å².